The van der Waals surface area contributed by atoms with Gasteiger partial charge in [-0.3, -0.25) is 9.63 Å². The van der Waals surface area contributed by atoms with Crippen LogP contribution in [0.4, 0.5) is 5.69 Å². The Balaban J connectivity index is 1.90. The summed E-state index contributed by atoms with van der Waals surface area (Å²) in [5.74, 6) is -0.273. The van der Waals surface area contributed by atoms with Gasteiger partial charge in [0.2, 0.25) is 0 Å². The number of hydrogen-bond acceptors (Lipinski definition) is 3. The van der Waals surface area contributed by atoms with E-state index in [4.69, 9.17) is 10.6 Å². The van der Waals surface area contributed by atoms with Gasteiger partial charge in [-0.2, -0.15) is 0 Å². The van der Waals surface area contributed by atoms with E-state index >= 15 is 0 Å². The largest absolute Gasteiger partial charge is 0.398 e. The highest BCUT2D eigenvalue weighted by Crippen LogP contribution is 2.20. The molecule has 86 valence electrons. The SMILES string of the molecule is Nc1ccccc1C(=O)NOC1CCCC1. The molecule has 1 aromatic rings. The summed E-state index contributed by atoms with van der Waals surface area (Å²) in [4.78, 5) is 17.0. The molecule has 1 aliphatic carbocycles. The standard InChI is InChI=1S/C12H16N2O2/c13-11-8-4-3-7-10(11)12(15)14-16-9-5-1-2-6-9/h3-4,7-9H,1-2,5-6,13H2,(H,14,15). The number of nitrogen functional groups attached to an aromatic ring is 1. The van der Waals surface area contributed by atoms with Crippen LogP contribution in [0.2, 0.25) is 0 Å². The second-order valence-corrected chi connectivity index (χ2v) is 4.04. The summed E-state index contributed by atoms with van der Waals surface area (Å²) in [7, 11) is 0. The molecule has 16 heavy (non-hydrogen) atoms. The fourth-order valence-corrected chi connectivity index (χ4v) is 1.90. The maximum atomic E-state index is 11.7. The van der Waals surface area contributed by atoms with Gasteiger partial charge >= 0.3 is 0 Å². The first-order chi connectivity index (χ1) is 7.77. The lowest BCUT2D eigenvalue weighted by atomic mass is 10.2. The van der Waals surface area contributed by atoms with E-state index in [1.165, 1.54) is 12.8 Å². The molecular weight excluding hydrogens is 204 g/mol. The molecule has 1 amide bonds. The Labute approximate surface area is 94.7 Å². The Morgan fingerprint density at radius 3 is 2.69 bits per heavy atom. The molecule has 0 aliphatic heterocycles. The molecule has 4 nitrogen and oxygen atoms in total. The topological polar surface area (TPSA) is 64.4 Å². The fraction of sp³-hybridized carbons (Fsp3) is 0.417. The third-order valence-electron chi connectivity index (χ3n) is 2.83. The minimum atomic E-state index is -0.273. The van der Waals surface area contributed by atoms with Crippen molar-refractivity contribution in [1.82, 2.24) is 5.48 Å². The molecule has 1 fully saturated rings. The van der Waals surface area contributed by atoms with E-state index in [2.05, 4.69) is 5.48 Å². The van der Waals surface area contributed by atoms with Crippen LogP contribution in [0, 0.1) is 0 Å². The molecule has 0 atom stereocenters. The van der Waals surface area contributed by atoms with E-state index in [0.717, 1.165) is 12.8 Å². The quantitative estimate of drug-likeness (QED) is 0.603. The predicted octanol–water partition coefficient (Wildman–Crippen LogP) is 1.87. The molecule has 1 aromatic carbocycles. The number of amides is 1. The van der Waals surface area contributed by atoms with E-state index < -0.39 is 0 Å². The number of carbonyl (C=O) groups is 1. The Hall–Kier alpha value is -1.55. The van der Waals surface area contributed by atoms with Gasteiger partial charge < -0.3 is 5.73 Å². The molecular formula is C12H16N2O2. The molecule has 0 bridgehead atoms. The van der Waals surface area contributed by atoms with Crippen molar-refractivity contribution in [2.75, 3.05) is 5.73 Å². The minimum Gasteiger partial charge on any atom is -0.398 e. The van der Waals surface area contributed by atoms with E-state index in [0.29, 0.717) is 11.3 Å². The first kappa shape index (κ1) is 11.0. The van der Waals surface area contributed by atoms with Crippen LogP contribution in [-0.4, -0.2) is 12.0 Å². The molecule has 0 radical (unpaired) electrons. The first-order valence-electron chi connectivity index (χ1n) is 5.58. The van der Waals surface area contributed by atoms with E-state index in [-0.39, 0.29) is 12.0 Å². The molecule has 1 aliphatic rings. The van der Waals surface area contributed by atoms with Gasteiger partial charge in [-0.15, -0.1) is 0 Å². The van der Waals surface area contributed by atoms with Crippen LogP contribution in [0.5, 0.6) is 0 Å². The number of carbonyl (C=O) groups excluding carboxylic acids is 1. The summed E-state index contributed by atoms with van der Waals surface area (Å²) in [6.45, 7) is 0. The highest BCUT2D eigenvalue weighted by atomic mass is 16.7. The van der Waals surface area contributed by atoms with Gasteiger partial charge in [-0.1, -0.05) is 25.0 Å². The number of anilines is 1. The molecule has 1 saturated carbocycles. The molecule has 0 unspecified atom stereocenters. The summed E-state index contributed by atoms with van der Waals surface area (Å²) in [5.41, 5.74) is 9.08. The summed E-state index contributed by atoms with van der Waals surface area (Å²) in [6, 6.07) is 6.96. The van der Waals surface area contributed by atoms with Crippen LogP contribution in [0.1, 0.15) is 36.0 Å². The van der Waals surface area contributed by atoms with Crippen LogP contribution in [-0.2, 0) is 4.84 Å². The van der Waals surface area contributed by atoms with Gasteiger partial charge in [-0.05, 0) is 25.0 Å². The average Bonchev–Trinajstić information content (AvgIpc) is 2.79. The Morgan fingerprint density at radius 1 is 1.31 bits per heavy atom. The minimum absolute atomic E-state index is 0.161. The maximum absolute atomic E-state index is 11.7. The Morgan fingerprint density at radius 2 is 2.00 bits per heavy atom. The maximum Gasteiger partial charge on any atom is 0.276 e. The van der Waals surface area contributed by atoms with Crippen LogP contribution in [0.3, 0.4) is 0 Å². The zero-order valence-electron chi connectivity index (χ0n) is 9.11. The third kappa shape index (κ3) is 2.52. The van der Waals surface area contributed by atoms with E-state index in [1.807, 2.05) is 0 Å². The number of rotatable bonds is 3. The number of nitrogens with one attached hydrogen (secondary N) is 1. The second-order valence-electron chi connectivity index (χ2n) is 4.04. The van der Waals surface area contributed by atoms with Crippen molar-refractivity contribution in [3.63, 3.8) is 0 Å². The van der Waals surface area contributed by atoms with Gasteiger partial charge in [0.15, 0.2) is 0 Å². The monoisotopic (exact) mass is 220 g/mol. The van der Waals surface area contributed by atoms with Gasteiger partial charge in [-0.25, -0.2) is 5.48 Å². The lowest BCUT2D eigenvalue weighted by Gasteiger charge is -2.12. The molecule has 4 heteroatoms. The molecule has 2 rings (SSSR count). The number of hydrogen-bond donors (Lipinski definition) is 2. The van der Waals surface area contributed by atoms with Gasteiger partial charge in [0.1, 0.15) is 0 Å². The summed E-state index contributed by atoms with van der Waals surface area (Å²) < 4.78 is 0. The highest BCUT2D eigenvalue weighted by Gasteiger charge is 2.17. The molecule has 0 spiro atoms. The van der Waals surface area contributed by atoms with Gasteiger partial charge in [0, 0.05) is 5.69 Å². The van der Waals surface area contributed by atoms with Crippen molar-refractivity contribution in [3.05, 3.63) is 29.8 Å². The summed E-state index contributed by atoms with van der Waals surface area (Å²) >= 11 is 0. The number of hydroxylamine groups is 1. The first-order valence-corrected chi connectivity index (χ1v) is 5.58. The summed E-state index contributed by atoms with van der Waals surface area (Å²) in [6.07, 6.45) is 4.55. The van der Waals surface area contributed by atoms with Gasteiger partial charge in [0.05, 0.1) is 11.7 Å². The van der Waals surface area contributed by atoms with Crippen molar-refractivity contribution in [2.24, 2.45) is 0 Å². The van der Waals surface area contributed by atoms with Crippen molar-refractivity contribution in [3.8, 4) is 0 Å². The van der Waals surface area contributed by atoms with Crippen molar-refractivity contribution >= 4 is 11.6 Å². The number of nitrogens with two attached hydrogens (primary N) is 1. The Bertz CT molecular complexity index is 373. The van der Waals surface area contributed by atoms with Gasteiger partial charge in [0.25, 0.3) is 5.91 Å². The van der Waals surface area contributed by atoms with Crippen LogP contribution < -0.4 is 11.2 Å². The Kier molecular flexibility index (Phi) is 3.41. The number of para-hydroxylation sites is 1. The smallest absolute Gasteiger partial charge is 0.276 e. The van der Waals surface area contributed by atoms with Crippen LogP contribution in [0.15, 0.2) is 24.3 Å². The lowest BCUT2D eigenvalue weighted by molar-refractivity contribution is -0.0124. The summed E-state index contributed by atoms with van der Waals surface area (Å²) in [5, 5.41) is 0. The van der Waals surface area contributed by atoms with E-state index in [9.17, 15) is 4.79 Å². The normalized spacial score (nSPS) is 16.2. The van der Waals surface area contributed by atoms with E-state index in [1.54, 1.807) is 24.3 Å². The number of benzene rings is 1. The zero-order valence-corrected chi connectivity index (χ0v) is 9.11. The second kappa shape index (κ2) is 4.99. The van der Waals surface area contributed by atoms with Crippen molar-refractivity contribution in [2.45, 2.75) is 31.8 Å². The predicted molar refractivity (Wildman–Crippen MR) is 61.7 cm³/mol. The average molecular weight is 220 g/mol. The molecule has 0 saturated heterocycles. The zero-order chi connectivity index (χ0) is 11.4. The van der Waals surface area contributed by atoms with Crippen LogP contribution in [0.25, 0.3) is 0 Å². The lowest BCUT2D eigenvalue weighted by Crippen LogP contribution is -2.28. The third-order valence-corrected chi connectivity index (χ3v) is 2.83. The molecule has 0 aromatic heterocycles. The molecule has 3 N–H and O–H groups in total. The van der Waals surface area contributed by atoms with Crippen molar-refractivity contribution in [1.29, 1.82) is 0 Å². The molecule has 0 heterocycles. The van der Waals surface area contributed by atoms with Crippen LogP contribution >= 0.6 is 0 Å². The van der Waals surface area contributed by atoms with Crippen molar-refractivity contribution < 1.29 is 9.63 Å². The fourth-order valence-electron chi connectivity index (χ4n) is 1.90. The highest BCUT2D eigenvalue weighted by molar-refractivity contribution is 5.98.